The summed E-state index contributed by atoms with van der Waals surface area (Å²) in [6, 6.07) is 3.10. The lowest BCUT2D eigenvalue weighted by Crippen LogP contribution is -1.94. The van der Waals surface area contributed by atoms with Gasteiger partial charge in [0.15, 0.2) is 5.78 Å². The maximum Gasteiger partial charge on any atom is 0.165 e. The average molecular weight is 194 g/mol. The van der Waals surface area contributed by atoms with Gasteiger partial charge >= 0.3 is 0 Å². The average Bonchev–Trinajstić information content (AvgIpc) is 2.50. The molecule has 0 saturated heterocycles. The van der Waals surface area contributed by atoms with Crippen LogP contribution in [0.5, 0.6) is 5.75 Å². The van der Waals surface area contributed by atoms with Crippen molar-refractivity contribution < 1.29 is 9.90 Å². The molecule has 0 amide bonds. The van der Waals surface area contributed by atoms with Gasteiger partial charge in [0.2, 0.25) is 0 Å². The molecule has 2 aromatic rings. The zero-order valence-electron chi connectivity index (χ0n) is 6.81. The first-order valence-electron chi connectivity index (χ1n) is 3.65. The lowest BCUT2D eigenvalue weighted by molar-refractivity contribution is 0.101. The molecule has 0 aliphatic rings. The number of hydrogen-bond acceptors (Lipinski definition) is 5. The van der Waals surface area contributed by atoms with Crippen LogP contribution in [0.4, 0.5) is 0 Å². The van der Waals surface area contributed by atoms with E-state index in [0.29, 0.717) is 11.0 Å². The standard InChI is InChI=1S/C8H6N2O2S/c1-4(11)7-6(12)3-2-5-8(7)10-13-9-5/h2-3,12H,1H3. The van der Waals surface area contributed by atoms with Crippen molar-refractivity contribution in [2.45, 2.75) is 6.92 Å². The fourth-order valence-electron chi connectivity index (χ4n) is 1.19. The van der Waals surface area contributed by atoms with Crippen molar-refractivity contribution in [3.8, 4) is 5.75 Å². The first kappa shape index (κ1) is 8.12. The van der Waals surface area contributed by atoms with Crippen LogP contribution in [0.3, 0.4) is 0 Å². The Bertz CT molecular complexity index is 478. The highest BCUT2D eigenvalue weighted by molar-refractivity contribution is 7.00. The molecule has 1 N–H and O–H groups in total. The van der Waals surface area contributed by atoms with Crippen LogP contribution in [-0.2, 0) is 0 Å². The lowest BCUT2D eigenvalue weighted by Gasteiger charge is -1.98. The second-order valence-corrected chi connectivity index (χ2v) is 3.18. The molecule has 13 heavy (non-hydrogen) atoms. The molecule has 0 aliphatic carbocycles. The molecule has 1 heterocycles. The van der Waals surface area contributed by atoms with Crippen LogP contribution in [0.1, 0.15) is 17.3 Å². The quantitative estimate of drug-likeness (QED) is 0.700. The van der Waals surface area contributed by atoms with E-state index in [1.165, 1.54) is 13.0 Å². The molecule has 1 aromatic heterocycles. The van der Waals surface area contributed by atoms with Gasteiger partial charge in [0, 0.05) is 0 Å². The molecule has 2 rings (SSSR count). The predicted octanol–water partition coefficient (Wildman–Crippen LogP) is 1.60. The number of aromatic hydroxyl groups is 1. The van der Waals surface area contributed by atoms with Crippen molar-refractivity contribution in [1.82, 2.24) is 8.75 Å². The Hall–Kier alpha value is -1.49. The fraction of sp³-hybridized carbons (Fsp3) is 0.125. The SMILES string of the molecule is CC(=O)c1c(O)ccc2nsnc12. The first-order valence-corrected chi connectivity index (χ1v) is 4.38. The van der Waals surface area contributed by atoms with E-state index in [4.69, 9.17) is 0 Å². The number of rotatable bonds is 1. The Morgan fingerprint density at radius 2 is 2.23 bits per heavy atom. The van der Waals surface area contributed by atoms with Gasteiger partial charge in [-0.2, -0.15) is 8.75 Å². The van der Waals surface area contributed by atoms with Crippen LogP contribution < -0.4 is 0 Å². The number of benzene rings is 1. The van der Waals surface area contributed by atoms with Crippen molar-refractivity contribution in [2.24, 2.45) is 0 Å². The van der Waals surface area contributed by atoms with Gasteiger partial charge in [-0.3, -0.25) is 4.79 Å². The topological polar surface area (TPSA) is 63.1 Å². The minimum Gasteiger partial charge on any atom is -0.507 e. The zero-order chi connectivity index (χ0) is 9.42. The van der Waals surface area contributed by atoms with Crippen molar-refractivity contribution in [2.75, 3.05) is 0 Å². The highest BCUT2D eigenvalue weighted by Crippen LogP contribution is 2.25. The van der Waals surface area contributed by atoms with Crippen LogP contribution in [0, 0.1) is 0 Å². The van der Waals surface area contributed by atoms with Gasteiger partial charge in [0.1, 0.15) is 16.8 Å². The summed E-state index contributed by atoms with van der Waals surface area (Å²) in [6.07, 6.45) is 0. The molecule has 0 saturated carbocycles. The summed E-state index contributed by atoms with van der Waals surface area (Å²) in [5, 5.41) is 9.41. The molecule has 0 fully saturated rings. The number of carbonyl (C=O) groups excluding carboxylic acids is 1. The Balaban J connectivity index is 2.88. The van der Waals surface area contributed by atoms with Crippen molar-refractivity contribution >= 4 is 28.5 Å². The number of carbonyl (C=O) groups is 1. The van der Waals surface area contributed by atoms with E-state index in [2.05, 4.69) is 8.75 Å². The molecule has 0 radical (unpaired) electrons. The first-order chi connectivity index (χ1) is 6.20. The number of nitrogens with zero attached hydrogens (tertiary/aromatic N) is 2. The third-order valence-corrected chi connectivity index (χ3v) is 2.30. The Kier molecular flexibility index (Phi) is 1.73. The highest BCUT2D eigenvalue weighted by Gasteiger charge is 2.13. The van der Waals surface area contributed by atoms with E-state index in [1.807, 2.05) is 0 Å². The molecule has 66 valence electrons. The number of aromatic nitrogens is 2. The van der Waals surface area contributed by atoms with Crippen LogP contribution in [0.2, 0.25) is 0 Å². The normalized spacial score (nSPS) is 10.5. The molecule has 5 heteroatoms. The third-order valence-electron chi connectivity index (χ3n) is 1.76. The smallest absolute Gasteiger partial charge is 0.165 e. The maximum atomic E-state index is 11.2. The van der Waals surface area contributed by atoms with Gasteiger partial charge in [0.25, 0.3) is 0 Å². The molecule has 0 unspecified atom stereocenters. The Labute approximate surface area is 78.2 Å². The highest BCUT2D eigenvalue weighted by atomic mass is 32.1. The van der Waals surface area contributed by atoms with Gasteiger partial charge in [0.05, 0.1) is 17.3 Å². The minimum absolute atomic E-state index is 0.0345. The van der Waals surface area contributed by atoms with Gasteiger partial charge in [-0.25, -0.2) is 0 Å². The molecule has 0 atom stereocenters. The van der Waals surface area contributed by atoms with E-state index < -0.39 is 0 Å². The summed E-state index contributed by atoms with van der Waals surface area (Å²) in [6.45, 7) is 1.40. The molecule has 0 aliphatic heterocycles. The second-order valence-electron chi connectivity index (χ2n) is 2.65. The summed E-state index contributed by atoms with van der Waals surface area (Å²) in [5.74, 6) is -0.233. The van der Waals surface area contributed by atoms with Crippen LogP contribution in [-0.4, -0.2) is 19.6 Å². The Morgan fingerprint density at radius 3 is 2.92 bits per heavy atom. The van der Waals surface area contributed by atoms with E-state index in [1.54, 1.807) is 6.07 Å². The van der Waals surface area contributed by atoms with Gasteiger partial charge in [-0.15, -0.1) is 0 Å². The molecule has 0 bridgehead atoms. The van der Waals surface area contributed by atoms with Crippen molar-refractivity contribution in [3.63, 3.8) is 0 Å². The number of fused-ring (bicyclic) bond motifs is 1. The van der Waals surface area contributed by atoms with E-state index in [9.17, 15) is 9.90 Å². The second kappa shape index (κ2) is 2.77. The maximum absolute atomic E-state index is 11.2. The monoisotopic (exact) mass is 194 g/mol. The van der Waals surface area contributed by atoms with E-state index in [0.717, 1.165) is 11.7 Å². The van der Waals surface area contributed by atoms with E-state index in [-0.39, 0.29) is 17.1 Å². The van der Waals surface area contributed by atoms with Crippen molar-refractivity contribution in [1.29, 1.82) is 0 Å². The number of phenols is 1. The minimum atomic E-state index is -0.198. The number of ketones is 1. The van der Waals surface area contributed by atoms with Gasteiger partial charge in [-0.1, -0.05) is 0 Å². The third kappa shape index (κ3) is 1.17. The van der Waals surface area contributed by atoms with Crippen LogP contribution in [0.25, 0.3) is 11.0 Å². The molecular weight excluding hydrogens is 188 g/mol. The summed E-state index contributed by atoms with van der Waals surface area (Å²) in [4.78, 5) is 11.2. The summed E-state index contributed by atoms with van der Waals surface area (Å²) in [7, 11) is 0. The summed E-state index contributed by atoms with van der Waals surface area (Å²) in [5.41, 5.74) is 1.39. The molecule has 0 spiro atoms. The summed E-state index contributed by atoms with van der Waals surface area (Å²) >= 11 is 1.03. The van der Waals surface area contributed by atoms with Gasteiger partial charge in [-0.05, 0) is 19.1 Å². The fourth-order valence-corrected chi connectivity index (χ4v) is 1.73. The molecule has 1 aromatic carbocycles. The van der Waals surface area contributed by atoms with E-state index >= 15 is 0 Å². The predicted molar refractivity (Wildman–Crippen MR) is 49.1 cm³/mol. The largest absolute Gasteiger partial charge is 0.507 e. The lowest BCUT2D eigenvalue weighted by atomic mass is 10.1. The van der Waals surface area contributed by atoms with Crippen LogP contribution >= 0.6 is 11.7 Å². The number of hydrogen-bond donors (Lipinski definition) is 1. The van der Waals surface area contributed by atoms with Gasteiger partial charge < -0.3 is 5.11 Å². The van der Waals surface area contributed by atoms with Crippen LogP contribution in [0.15, 0.2) is 12.1 Å². The Morgan fingerprint density at radius 1 is 1.46 bits per heavy atom. The summed E-state index contributed by atoms with van der Waals surface area (Å²) < 4.78 is 7.92. The zero-order valence-corrected chi connectivity index (χ0v) is 7.63. The molecule has 4 nitrogen and oxygen atoms in total. The molecular formula is C8H6N2O2S. The number of phenolic OH excluding ortho intramolecular Hbond substituents is 1. The van der Waals surface area contributed by atoms with Crippen molar-refractivity contribution in [3.05, 3.63) is 17.7 Å². The number of Topliss-reactive ketones (excluding diaryl/α,β-unsaturated/α-hetero) is 1.